The molecule has 1 fully saturated rings. The maximum Gasteiger partial charge on any atom is 0.296 e. The summed E-state index contributed by atoms with van der Waals surface area (Å²) in [4.78, 5) is 28.1. The summed E-state index contributed by atoms with van der Waals surface area (Å²) in [6, 6.07) is 2.76. The second kappa shape index (κ2) is 4.92. The van der Waals surface area contributed by atoms with Gasteiger partial charge in [-0.1, -0.05) is 0 Å². The lowest BCUT2D eigenvalue weighted by atomic mass is 10.1. The molecule has 1 atom stereocenters. The van der Waals surface area contributed by atoms with E-state index in [1.807, 2.05) is 0 Å². The quantitative estimate of drug-likeness (QED) is 0.645. The van der Waals surface area contributed by atoms with Gasteiger partial charge in [0.25, 0.3) is 11.7 Å². The van der Waals surface area contributed by atoms with E-state index >= 15 is 0 Å². The summed E-state index contributed by atoms with van der Waals surface area (Å²) in [5.41, 5.74) is 0. The number of rotatable bonds is 5. The molecule has 1 amide bonds. The molecule has 7 heteroatoms. The highest BCUT2D eigenvalue weighted by molar-refractivity contribution is 6.42. The average molecular weight is 274 g/mol. The van der Waals surface area contributed by atoms with Crippen LogP contribution in [0.1, 0.15) is 35.3 Å². The fourth-order valence-corrected chi connectivity index (χ4v) is 2.14. The first-order chi connectivity index (χ1) is 9.66. The predicted molar refractivity (Wildman–Crippen MR) is 67.6 cm³/mol. The van der Waals surface area contributed by atoms with Crippen molar-refractivity contribution in [3.05, 3.63) is 36.3 Å². The molecule has 0 bridgehead atoms. The molecule has 0 aromatic carbocycles. The first kappa shape index (κ1) is 12.6. The van der Waals surface area contributed by atoms with Crippen molar-refractivity contribution in [2.75, 3.05) is 0 Å². The van der Waals surface area contributed by atoms with Gasteiger partial charge in [0.1, 0.15) is 12.2 Å². The summed E-state index contributed by atoms with van der Waals surface area (Å²) in [6.07, 6.45) is 4.81. The van der Waals surface area contributed by atoms with Crippen molar-refractivity contribution in [1.29, 1.82) is 0 Å². The zero-order valence-electron chi connectivity index (χ0n) is 10.9. The number of hydrogen-bond acceptors (Lipinski definition) is 5. The zero-order valence-corrected chi connectivity index (χ0v) is 10.9. The molecule has 20 heavy (non-hydrogen) atoms. The van der Waals surface area contributed by atoms with Gasteiger partial charge in [-0.3, -0.25) is 14.3 Å². The number of carbonyl (C=O) groups excluding carboxylic acids is 2. The minimum atomic E-state index is -0.681. The third-order valence-electron chi connectivity index (χ3n) is 3.36. The third-order valence-corrected chi connectivity index (χ3v) is 3.36. The number of hydrogen-bond donors (Lipinski definition) is 1. The molecule has 1 aliphatic carbocycles. The van der Waals surface area contributed by atoms with Crippen LogP contribution < -0.4 is 5.32 Å². The van der Waals surface area contributed by atoms with Gasteiger partial charge in [-0.25, -0.2) is 4.98 Å². The highest BCUT2D eigenvalue weighted by Gasteiger charge is 2.37. The fraction of sp³-hybridized carbons (Fsp3) is 0.385. The molecule has 0 aliphatic heterocycles. The van der Waals surface area contributed by atoms with Crippen LogP contribution in [0.15, 0.2) is 29.1 Å². The number of aromatic nitrogens is 3. The van der Waals surface area contributed by atoms with Crippen molar-refractivity contribution in [3.8, 4) is 0 Å². The summed E-state index contributed by atoms with van der Waals surface area (Å²) in [5.74, 6) is -0.350. The van der Waals surface area contributed by atoms with Crippen molar-refractivity contribution >= 4 is 11.7 Å². The topological polar surface area (TPSA) is 90.0 Å². The van der Waals surface area contributed by atoms with Crippen LogP contribution in [-0.2, 0) is 11.8 Å². The highest BCUT2D eigenvalue weighted by atomic mass is 16.3. The van der Waals surface area contributed by atoms with E-state index in [0.29, 0.717) is 11.7 Å². The Kier molecular flexibility index (Phi) is 3.09. The number of nitrogens with zero attached hydrogens (tertiary/aromatic N) is 3. The molecule has 0 saturated heterocycles. The average Bonchev–Trinajstić information content (AvgIpc) is 2.96. The van der Waals surface area contributed by atoms with E-state index in [0.717, 1.165) is 12.8 Å². The van der Waals surface area contributed by atoms with Crippen molar-refractivity contribution < 1.29 is 14.0 Å². The first-order valence-corrected chi connectivity index (χ1v) is 6.39. The van der Waals surface area contributed by atoms with Crippen LogP contribution in [0.3, 0.4) is 0 Å². The van der Waals surface area contributed by atoms with E-state index in [1.54, 1.807) is 17.8 Å². The molecule has 1 saturated carbocycles. The van der Waals surface area contributed by atoms with Crippen LogP contribution in [0.2, 0.25) is 0 Å². The van der Waals surface area contributed by atoms with Gasteiger partial charge >= 0.3 is 0 Å². The van der Waals surface area contributed by atoms with E-state index in [1.165, 1.54) is 18.7 Å². The number of nitrogens with one attached hydrogen (secondary N) is 1. The van der Waals surface area contributed by atoms with Crippen molar-refractivity contribution in [1.82, 2.24) is 20.1 Å². The smallest absolute Gasteiger partial charge is 0.296 e. The zero-order chi connectivity index (χ0) is 14.1. The molecule has 7 nitrogen and oxygen atoms in total. The van der Waals surface area contributed by atoms with Crippen molar-refractivity contribution in [2.24, 2.45) is 13.0 Å². The van der Waals surface area contributed by atoms with Gasteiger partial charge < -0.3 is 9.73 Å². The van der Waals surface area contributed by atoms with Crippen LogP contribution in [0, 0.1) is 5.92 Å². The number of aryl methyl sites for hydroxylation is 1. The van der Waals surface area contributed by atoms with Gasteiger partial charge in [0.15, 0.2) is 5.76 Å². The molecule has 0 radical (unpaired) electrons. The standard InChI is InChI=1S/C13H14N4O3/c1-17-12(14-7-15-17)10(8-4-5-8)16-13(19)11(18)9-3-2-6-20-9/h2-3,6-8,10H,4-5H2,1H3,(H,16,19)/t10-/m0/s1. The van der Waals surface area contributed by atoms with Gasteiger partial charge in [-0.2, -0.15) is 5.10 Å². The number of Topliss-reactive ketones (excluding diaryl/α,β-unsaturated/α-hetero) is 1. The maximum absolute atomic E-state index is 12.0. The van der Waals surface area contributed by atoms with Crippen molar-refractivity contribution in [2.45, 2.75) is 18.9 Å². The van der Waals surface area contributed by atoms with Crippen LogP contribution in [0.4, 0.5) is 0 Å². The summed E-state index contributed by atoms with van der Waals surface area (Å²) >= 11 is 0. The largest absolute Gasteiger partial charge is 0.461 e. The first-order valence-electron chi connectivity index (χ1n) is 6.39. The van der Waals surface area contributed by atoms with Gasteiger partial charge in [-0.15, -0.1) is 0 Å². The monoisotopic (exact) mass is 274 g/mol. The van der Waals surface area contributed by atoms with E-state index in [-0.39, 0.29) is 11.8 Å². The lowest BCUT2D eigenvalue weighted by Crippen LogP contribution is -2.36. The SMILES string of the molecule is Cn1ncnc1[C@@H](NC(=O)C(=O)c1ccco1)C1CC1. The maximum atomic E-state index is 12.0. The Morgan fingerprint density at radius 2 is 2.30 bits per heavy atom. The second-order valence-corrected chi connectivity index (χ2v) is 4.84. The van der Waals surface area contributed by atoms with E-state index < -0.39 is 11.7 Å². The Morgan fingerprint density at radius 1 is 1.50 bits per heavy atom. The molecule has 2 aromatic heterocycles. The van der Waals surface area contributed by atoms with Crippen LogP contribution in [0.5, 0.6) is 0 Å². The molecule has 3 rings (SSSR count). The van der Waals surface area contributed by atoms with E-state index in [2.05, 4.69) is 15.4 Å². The summed E-state index contributed by atoms with van der Waals surface area (Å²) in [6.45, 7) is 0. The minimum absolute atomic E-state index is 0.0370. The minimum Gasteiger partial charge on any atom is -0.461 e. The second-order valence-electron chi connectivity index (χ2n) is 4.84. The third kappa shape index (κ3) is 2.34. The lowest BCUT2D eigenvalue weighted by Gasteiger charge is -2.16. The summed E-state index contributed by atoms with van der Waals surface area (Å²) in [7, 11) is 1.76. The van der Waals surface area contributed by atoms with E-state index in [9.17, 15) is 9.59 Å². The van der Waals surface area contributed by atoms with Crippen LogP contribution in [-0.4, -0.2) is 26.5 Å². The summed E-state index contributed by atoms with van der Waals surface area (Å²) < 4.78 is 6.56. The molecule has 0 unspecified atom stereocenters. The molecule has 2 aromatic rings. The number of furan rings is 1. The molecule has 0 spiro atoms. The Hall–Kier alpha value is -2.44. The number of ketones is 1. The highest BCUT2D eigenvalue weighted by Crippen LogP contribution is 2.40. The van der Waals surface area contributed by atoms with Crippen LogP contribution in [0.25, 0.3) is 0 Å². The molecule has 1 aliphatic rings. The van der Waals surface area contributed by atoms with Gasteiger partial charge in [0, 0.05) is 7.05 Å². The molecule has 104 valence electrons. The molecule has 1 N–H and O–H groups in total. The van der Waals surface area contributed by atoms with E-state index in [4.69, 9.17) is 4.42 Å². The molecule has 2 heterocycles. The number of amides is 1. The normalized spacial score (nSPS) is 15.8. The Balaban J connectivity index is 1.76. The Bertz CT molecular complexity index is 628. The molecular weight excluding hydrogens is 260 g/mol. The van der Waals surface area contributed by atoms with Gasteiger partial charge in [0.2, 0.25) is 0 Å². The van der Waals surface area contributed by atoms with Crippen molar-refractivity contribution in [3.63, 3.8) is 0 Å². The number of carbonyl (C=O) groups is 2. The Labute approximate surface area is 115 Å². The van der Waals surface area contributed by atoms with Crippen LogP contribution >= 0.6 is 0 Å². The Morgan fingerprint density at radius 3 is 2.85 bits per heavy atom. The lowest BCUT2D eigenvalue weighted by molar-refractivity contribution is -0.118. The summed E-state index contributed by atoms with van der Waals surface area (Å²) in [5, 5.41) is 6.74. The fourth-order valence-electron chi connectivity index (χ4n) is 2.14. The van der Waals surface area contributed by atoms with Gasteiger partial charge in [0.05, 0.1) is 12.3 Å². The predicted octanol–water partition coefficient (Wildman–Crippen LogP) is 0.858. The van der Waals surface area contributed by atoms with Gasteiger partial charge in [-0.05, 0) is 30.9 Å². The molecular formula is C13H14N4O3.